The topological polar surface area (TPSA) is 29.5 Å². The van der Waals surface area contributed by atoms with Crippen molar-refractivity contribution in [2.75, 3.05) is 11.0 Å². The SMILES string of the molecule is C[C@H](CI)COC(=O)[C@H](Cc1ccccc1)N(Cc1ccccc1)Cc1ccccc1. The van der Waals surface area contributed by atoms with Gasteiger partial charge in [-0.25, -0.2) is 0 Å². The Bertz CT molecular complexity index is 861. The second-order valence-electron chi connectivity index (χ2n) is 7.97. The predicted octanol–water partition coefficient (Wildman–Crippen LogP) is 5.91. The lowest BCUT2D eigenvalue weighted by Gasteiger charge is -2.31. The number of halogens is 1. The van der Waals surface area contributed by atoms with Crippen LogP contribution in [0.3, 0.4) is 0 Å². The molecular formula is C27H30INO2. The standard InChI is InChI=1S/C27H30INO2/c1-22(18-28)21-31-27(30)26(17-23-11-5-2-6-12-23)29(19-24-13-7-3-8-14-24)20-25-15-9-4-10-16-25/h2-16,22,26H,17-21H2,1H3/t22-,26+/m1/s1. The minimum absolute atomic E-state index is 0.146. The molecule has 0 fully saturated rings. The first kappa shape index (κ1) is 23.5. The highest BCUT2D eigenvalue weighted by Gasteiger charge is 2.28. The van der Waals surface area contributed by atoms with E-state index in [1.54, 1.807) is 0 Å². The van der Waals surface area contributed by atoms with E-state index < -0.39 is 0 Å². The molecule has 0 aromatic heterocycles. The van der Waals surface area contributed by atoms with E-state index >= 15 is 0 Å². The van der Waals surface area contributed by atoms with Gasteiger partial charge >= 0.3 is 5.97 Å². The predicted molar refractivity (Wildman–Crippen MR) is 135 cm³/mol. The van der Waals surface area contributed by atoms with Crippen molar-refractivity contribution in [3.8, 4) is 0 Å². The van der Waals surface area contributed by atoms with Gasteiger partial charge < -0.3 is 4.74 Å². The largest absolute Gasteiger partial charge is 0.464 e. The highest BCUT2D eigenvalue weighted by Crippen LogP contribution is 2.19. The summed E-state index contributed by atoms with van der Waals surface area (Å²) in [4.78, 5) is 15.6. The van der Waals surface area contributed by atoms with Crippen LogP contribution in [0.15, 0.2) is 91.0 Å². The summed E-state index contributed by atoms with van der Waals surface area (Å²) in [5.41, 5.74) is 3.51. The molecule has 3 nitrogen and oxygen atoms in total. The average molecular weight is 527 g/mol. The normalized spacial score (nSPS) is 13.0. The van der Waals surface area contributed by atoms with Gasteiger partial charge in [-0.2, -0.15) is 0 Å². The maximum absolute atomic E-state index is 13.3. The quantitative estimate of drug-likeness (QED) is 0.176. The molecule has 0 bridgehead atoms. The number of carbonyl (C=O) groups excluding carboxylic acids is 1. The van der Waals surface area contributed by atoms with Crippen molar-refractivity contribution in [1.29, 1.82) is 0 Å². The number of hydrogen-bond acceptors (Lipinski definition) is 3. The van der Waals surface area contributed by atoms with Crippen molar-refractivity contribution in [1.82, 2.24) is 4.90 Å². The molecule has 0 aliphatic carbocycles. The molecule has 0 saturated carbocycles. The highest BCUT2D eigenvalue weighted by molar-refractivity contribution is 14.1. The molecule has 0 heterocycles. The zero-order valence-corrected chi connectivity index (χ0v) is 20.1. The number of esters is 1. The van der Waals surface area contributed by atoms with Crippen LogP contribution in [0.5, 0.6) is 0 Å². The molecule has 0 amide bonds. The molecule has 0 aliphatic rings. The number of ether oxygens (including phenoxy) is 1. The van der Waals surface area contributed by atoms with Crippen molar-refractivity contribution >= 4 is 28.6 Å². The van der Waals surface area contributed by atoms with Crippen molar-refractivity contribution in [3.05, 3.63) is 108 Å². The van der Waals surface area contributed by atoms with E-state index in [-0.39, 0.29) is 12.0 Å². The van der Waals surface area contributed by atoms with Crippen molar-refractivity contribution in [2.45, 2.75) is 32.5 Å². The van der Waals surface area contributed by atoms with Crippen LogP contribution >= 0.6 is 22.6 Å². The van der Waals surface area contributed by atoms with Gasteiger partial charge in [-0.05, 0) is 29.0 Å². The summed E-state index contributed by atoms with van der Waals surface area (Å²) >= 11 is 2.34. The van der Waals surface area contributed by atoms with Gasteiger partial charge in [0.05, 0.1) is 6.61 Å². The summed E-state index contributed by atoms with van der Waals surface area (Å²) in [6.45, 7) is 3.93. The van der Waals surface area contributed by atoms with E-state index in [0.717, 1.165) is 9.99 Å². The molecule has 3 rings (SSSR count). The molecule has 3 aromatic carbocycles. The van der Waals surface area contributed by atoms with Crippen molar-refractivity contribution in [3.63, 3.8) is 0 Å². The lowest BCUT2D eigenvalue weighted by atomic mass is 10.0. The van der Waals surface area contributed by atoms with E-state index in [0.29, 0.717) is 32.0 Å². The van der Waals surface area contributed by atoms with E-state index in [4.69, 9.17) is 4.74 Å². The van der Waals surface area contributed by atoms with Gasteiger partial charge in [0, 0.05) is 17.5 Å². The lowest BCUT2D eigenvalue weighted by Crippen LogP contribution is -2.43. The summed E-state index contributed by atoms with van der Waals surface area (Å²) in [5.74, 6) is 0.200. The number of rotatable bonds is 11. The third-order valence-electron chi connectivity index (χ3n) is 5.22. The molecule has 162 valence electrons. The fourth-order valence-electron chi connectivity index (χ4n) is 3.48. The Morgan fingerprint density at radius 2 is 1.26 bits per heavy atom. The third-order valence-corrected chi connectivity index (χ3v) is 6.72. The maximum atomic E-state index is 13.3. The Hall–Kier alpha value is -2.18. The monoisotopic (exact) mass is 527 g/mol. The number of benzene rings is 3. The van der Waals surface area contributed by atoms with Crippen molar-refractivity contribution < 1.29 is 9.53 Å². The zero-order chi connectivity index (χ0) is 21.9. The van der Waals surface area contributed by atoms with E-state index in [1.165, 1.54) is 11.1 Å². The third kappa shape index (κ3) is 7.78. The van der Waals surface area contributed by atoms with Crippen LogP contribution in [0.4, 0.5) is 0 Å². The molecule has 31 heavy (non-hydrogen) atoms. The van der Waals surface area contributed by atoms with E-state index in [1.807, 2.05) is 54.6 Å². The number of nitrogens with zero attached hydrogens (tertiary/aromatic N) is 1. The molecule has 3 aromatic rings. The van der Waals surface area contributed by atoms with Crippen LogP contribution in [-0.4, -0.2) is 27.9 Å². The smallest absolute Gasteiger partial charge is 0.323 e. The Kier molecular flexibility index (Phi) is 9.56. The zero-order valence-electron chi connectivity index (χ0n) is 18.0. The average Bonchev–Trinajstić information content (AvgIpc) is 2.82. The molecule has 0 spiro atoms. The van der Waals surface area contributed by atoms with Gasteiger partial charge in [0.1, 0.15) is 6.04 Å². The Labute approximate surface area is 199 Å². The number of hydrogen-bond donors (Lipinski definition) is 0. The van der Waals surface area contributed by atoms with Crippen LogP contribution in [0.25, 0.3) is 0 Å². The van der Waals surface area contributed by atoms with Crippen LogP contribution in [0.2, 0.25) is 0 Å². The Morgan fingerprint density at radius 1 is 0.806 bits per heavy atom. The maximum Gasteiger partial charge on any atom is 0.323 e. The van der Waals surface area contributed by atoms with Gasteiger partial charge in [0.15, 0.2) is 0 Å². The summed E-state index contributed by atoms with van der Waals surface area (Å²) in [6, 6.07) is 30.5. The van der Waals surface area contributed by atoms with Gasteiger partial charge in [0.2, 0.25) is 0 Å². The minimum Gasteiger partial charge on any atom is -0.464 e. The number of alkyl halides is 1. The number of carbonyl (C=O) groups is 1. The van der Waals surface area contributed by atoms with Crippen LogP contribution < -0.4 is 0 Å². The lowest BCUT2D eigenvalue weighted by molar-refractivity contribution is -0.151. The second-order valence-corrected chi connectivity index (χ2v) is 8.85. The first-order valence-electron chi connectivity index (χ1n) is 10.7. The Morgan fingerprint density at radius 3 is 1.71 bits per heavy atom. The van der Waals surface area contributed by atoms with Gasteiger partial charge in [-0.1, -0.05) is 121 Å². The molecule has 4 heteroatoms. The molecule has 0 aliphatic heterocycles. The molecular weight excluding hydrogens is 497 g/mol. The summed E-state index contributed by atoms with van der Waals surface area (Å²) in [7, 11) is 0. The molecule has 0 radical (unpaired) electrons. The first-order valence-corrected chi connectivity index (χ1v) is 12.3. The molecule has 2 atom stereocenters. The van der Waals surface area contributed by atoms with Crippen LogP contribution in [0.1, 0.15) is 23.6 Å². The second kappa shape index (κ2) is 12.6. The Balaban J connectivity index is 1.88. The van der Waals surface area contributed by atoms with Gasteiger partial charge in [-0.15, -0.1) is 0 Å². The van der Waals surface area contributed by atoms with Gasteiger partial charge in [-0.3, -0.25) is 9.69 Å². The van der Waals surface area contributed by atoms with Crippen molar-refractivity contribution in [2.24, 2.45) is 5.92 Å². The van der Waals surface area contributed by atoms with E-state index in [9.17, 15) is 4.79 Å². The molecule has 0 unspecified atom stereocenters. The van der Waals surface area contributed by atoms with Crippen LogP contribution in [0, 0.1) is 5.92 Å². The fraction of sp³-hybridized carbons (Fsp3) is 0.296. The van der Waals surface area contributed by atoms with Crippen LogP contribution in [-0.2, 0) is 29.0 Å². The first-order chi connectivity index (χ1) is 15.2. The fourth-order valence-corrected chi connectivity index (χ4v) is 3.73. The molecule has 0 N–H and O–H groups in total. The van der Waals surface area contributed by atoms with Gasteiger partial charge in [0.25, 0.3) is 0 Å². The summed E-state index contributed by atoms with van der Waals surface area (Å²) < 4.78 is 6.76. The van der Waals surface area contributed by atoms with E-state index in [2.05, 4.69) is 70.8 Å². The summed E-state index contributed by atoms with van der Waals surface area (Å²) in [6.07, 6.45) is 0.623. The highest BCUT2D eigenvalue weighted by atomic mass is 127. The molecule has 0 saturated heterocycles. The summed E-state index contributed by atoms with van der Waals surface area (Å²) in [5, 5.41) is 0. The minimum atomic E-state index is -0.357.